The third kappa shape index (κ3) is 3.21. The second-order valence-corrected chi connectivity index (χ2v) is 9.69. The van der Waals surface area contributed by atoms with Crippen LogP contribution in [0, 0.1) is 18.3 Å². The highest BCUT2D eigenvalue weighted by molar-refractivity contribution is 6.00. The van der Waals surface area contributed by atoms with E-state index in [0.717, 1.165) is 42.8 Å². The third-order valence-electron chi connectivity index (χ3n) is 7.96. The number of aromatic nitrogens is 1. The Labute approximate surface area is 199 Å². The molecule has 176 valence electrons. The fourth-order valence-corrected chi connectivity index (χ4v) is 6.24. The van der Waals surface area contributed by atoms with Gasteiger partial charge in [-0.15, -0.1) is 6.42 Å². The van der Waals surface area contributed by atoms with Gasteiger partial charge in [0.05, 0.1) is 18.9 Å². The number of ether oxygens (including phenoxy) is 2. The van der Waals surface area contributed by atoms with Crippen LogP contribution in [0.3, 0.4) is 0 Å². The summed E-state index contributed by atoms with van der Waals surface area (Å²) in [5, 5.41) is 12.2. The predicted molar refractivity (Wildman–Crippen MR) is 126 cm³/mol. The molecule has 1 amide bonds. The SMILES string of the molecule is C#CC1N2CCC(CC2)[C@@]1(O)c1ccc(N2CCC3(OCCO3)C2=O)nc1Cc1ccccc1. The van der Waals surface area contributed by atoms with Crippen molar-refractivity contribution in [2.45, 2.75) is 43.1 Å². The van der Waals surface area contributed by atoms with E-state index in [0.29, 0.717) is 38.4 Å². The Morgan fingerprint density at radius 2 is 1.82 bits per heavy atom. The maximum atomic E-state index is 13.2. The molecule has 0 aliphatic carbocycles. The third-order valence-corrected chi connectivity index (χ3v) is 7.96. The van der Waals surface area contributed by atoms with Crippen molar-refractivity contribution >= 4 is 11.7 Å². The number of rotatable bonds is 4. The van der Waals surface area contributed by atoms with Crippen molar-refractivity contribution in [2.75, 3.05) is 37.7 Å². The van der Waals surface area contributed by atoms with E-state index in [4.69, 9.17) is 20.9 Å². The number of anilines is 1. The number of benzene rings is 1. The van der Waals surface area contributed by atoms with Crippen LogP contribution in [0.4, 0.5) is 5.82 Å². The minimum atomic E-state index is -1.18. The van der Waals surface area contributed by atoms with Gasteiger partial charge in [0.2, 0.25) is 0 Å². The Hall–Kier alpha value is -2.76. The number of amides is 1. The highest BCUT2D eigenvalue weighted by Crippen LogP contribution is 2.48. The molecule has 0 radical (unpaired) electrons. The second-order valence-electron chi connectivity index (χ2n) is 9.69. The van der Waals surface area contributed by atoms with Crippen LogP contribution in [0.5, 0.6) is 0 Å². The molecule has 1 aromatic heterocycles. The Morgan fingerprint density at radius 1 is 1.09 bits per heavy atom. The van der Waals surface area contributed by atoms with Crippen molar-refractivity contribution in [3.05, 3.63) is 59.3 Å². The Balaban J connectivity index is 1.42. The normalized spacial score (nSPS) is 31.8. The largest absolute Gasteiger partial charge is 0.382 e. The van der Waals surface area contributed by atoms with Crippen LogP contribution in [0.15, 0.2) is 42.5 Å². The molecule has 2 atom stereocenters. The molecule has 2 aromatic rings. The fraction of sp³-hybridized carbons (Fsp3) is 0.481. The molecule has 1 aromatic carbocycles. The summed E-state index contributed by atoms with van der Waals surface area (Å²) in [6.45, 7) is 3.13. The molecule has 6 heterocycles. The molecule has 5 saturated heterocycles. The molecule has 7 heteroatoms. The van der Waals surface area contributed by atoms with E-state index < -0.39 is 11.4 Å². The minimum absolute atomic E-state index is 0.0812. The van der Waals surface area contributed by atoms with Gasteiger partial charge in [-0.05, 0) is 43.5 Å². The number of aliphatic hydroxyl groups is 1. The summed E-state index contributed by atoms with van der Waals surface area (Å²) in [7, 11) is 0. The second kappa shape index (κ2) is 8.17. The summed E-state index contributed by atoms with van der Waals surface area (Å²) in [6, 6.07) is 13.4. The average Bonchev–Trinajstić information content (AvgIpc) is 3.48. The number of hydrogen-bond acceptors (Lipinski definition) is 6. The molecule has 34 heavy (non-hydrogen) atoms. The number of pyridine rings is 1. The maximum absolute atomic E-state index is 13.2. The minimum Gasteiger partial charge on any atom is -0.382 e. The molecule has 5 aliphatic rings. The Morgan fingerprint density at radius 3 is 2.53 bits per heavy atom. The molecule has 7 nitrogen and oxygen atoms in total. The van der Waals surface area contributed by atoms with Gasteiger partial charge in [-0.2, -0.15) is 0 Å². The van der Waals surface area contributed by atoms with E-state index in [1.807, 2.05) is 42.5 Å². The molecule has 1 spiro atoms. The van der Waals surface area contributed by atoms with Gasteiger partial charge in [0.25, 0.3) is 11.7 Å². The first-order valence-electron chi connectivity index (χ1n) is 12.1. The van der Waals surface area contributed by atoms with Crippen LogP contribution in [0.25, 0.3) is 0 Å². The molecular formula is C27H29N3O4. The quantitative estimate of drug-likeness (QED) is 0.706. The lowest BCUT2D eigenvalue weighted by Crippen LogP contribution is -2.63. The van der Waals surface area contributed by atoms with Crippen molar-refractivity contribution < 1.29 is 19.4 Å². The van der Waals surface area contributed by atoms with E-state index in [1.165, 1.54) is 0 Å². The van der Waals surface area contributed by atoms with Crippen LogP contribution in [-0.2, 0) is 26.3 Å². The van der Waals surface area contributed by atoms with Crippen LogP contribution in [-0.4, -0.2) is 65.6 Å². The number of fused-ring (bicyclic) bond motifs is 3. The Kier molecular flexibility index (Phi) is 5.23. The molecule has 5 fully saturated rings. The standard InChI is InChI=1S/C27H29N3O4/c1-2-23-27(32,20-10-13-29(23)14-11-20)21-8-9-24(28-22(21)18-19-6-4-3-5-7-19)30-15-12-26(25(30)31)33-16-17-34-26/h1,3-9,20,23,32H,10-18H2/t23?,27-/m1/s1. The van der Waals surface area contributed by atoms with Crippen molar-refractivity contribution in [1.29, 1.82) is 0 Å². The summed E-state index contributed by atoms with van der Waals surface area (Å²) in [4.78, 5) is 22.0. The van der Waals surface area contributed by atoms with Gasteiger partial charge in [0.15, 0.2) is 0 Å². The lowest BCUT2D eigenvalue weighted by atomic mass is 9.66. The number of nitrogens with zero attached hydrogens (tertiary/aromatic N) is 3. The molecule has 0 saturated carbocycles. The molecule has 1 N–H and O–H groups in total. The number of terminal acetylenes is 1. The van der Waals surface area contributed by atoms with Crippen molar-refractivity contribution in [3.8, 4) is 12.3 Å². The van der Waals surface area contributed by atoms with Gasteiger partial charge in [0, 0.05) is 24.9 Å². The molecule has 5 aliphatic heterocycles. The van der Waals surface area contributed by atoms with Gasteiger partial charge in [-0.25, -0.2) is 4.98 Å². The summed E-state index contributed by atoms with van der Waals surface area (Å²) in [5.41, 5.74) is 1.44. The lowest BCUT2D eigenvalue weighted by Gasteiger charge is -2.54. The van der Waals surface area contributed by atoms with Crippen LogP contribution < -0.4 is 4.90 Å². The summed E-state index contributed by atoms with van der Waals surface area (Å²) in [6.07, 6.45) is 8.79. The fourth-order valence-electron chi connectivity index (χ4n) is 6.24. The van der Waals surface area contributed by atoms with E-state index >= 15 is 0 Å². The smallest absolute Gasteiger partial charge is 0.288 e. The lowest BCUT2D eigenvalue weighted by molar-refractivity contribution is -0.173. The van der Waals surface area contributed by atoms with Crippen molar-refractivity contribution in [2.24, 2.45) is 5.92 Å². The molecule has 1 unspecified atom stereocenters. The molecular weight excluding hydrogens is 430 g/mol. The van der Waals surface area contributed by atoms with Gasteiger partial charge < -0.3 is 14.6 Å². The number of carbonyl (C=O) groups is 1. The summed E-state index contributed by atoms with van der Waals surface area (Å²) < 4.78 is 11.4. The maximum Gasteiger partial charge on any atom is 0.288 e. The highest BCUT2D eigenvalue weighted by Gasteiger charge is 2.55. The monoisotopic (exact) mass is 459 g/mol. The van der Waals surface area contributed by atoms with Gasteiger partial charge in [-0.3, -0.25) is 14.6 Å². The van der Waals surface area contributed by atoms with E-state index in [9.17, 15) is 9.90 Å². The first-order valence-corrected chi connectivity index (χ1v) is 12.1. The number of piperidine rings is 3. The molecule has 2 bridgehead atoms. The zero-order valence-corrected chi connectivity index (χ0v) is 19.2. The van der Waals surface area contributed by atoms with Crippen molar-refractivity contribution in [1.82, 2.24) is 9.88 Å². The van der Waals surface area contributed by atoms with Crippen molar-refractivity contribution in [3.63, 3.8) is 0 Å². The van der Waals surface area contributed by atoms with Gasteiger partial charge in [0.1, 0.15) is 17.5 Å². The van der Waals surface area contributed by atoms with Crippen LogP contribution >= 0.6 is 0 Å². The van der Waals surface area contributed by atoms with E-state index in [1.54, 1.807) is 4.90 Å². The number of carbonyl (C=O) groups excluding carboxylic acids is 1. The van der Waals surface area contributed by atoms with E-state index in [-0.39, 0.29) is 17.9 Å². The first-order chi connectivity index (χ1) is 16.5. The Bertz CT molecular complexity index is 1130. The number of hydrogen-bond donors (Lipinski definition) is 1. The van der Waals surface area contributed by atoms with E-state index in [2.05, 4.69) is 10.8 Å². The first kappa shape index (κ1) is 21.8. The zero-order chi connectivity index (χ0) is 23.3. The predicted octanol–water partition coefficient (Wildman–Crippen LogP) is 2.07. The summed E-state index contributed by atoms with van der Waals surface area (Å²) in [5.74, 6) is 2.12. The van der Waals surface area contributed by atoms with Gasteiger partial charge in [-0.1, -0.05) is 42.3 Å². The topological polar surface area (TPSA) is 75.1 Å². The highest BCUT2D eigenvalue weighted by atomic mass is 16.7. The van der Waals surface area contributed by atoms with Gasteiger partial charge >= 0.3 is 0 Å². The van der Waals surface area contributed by atoms with Crippen LogP contribution in [0.2, 0.25) is 0 Å². The molecule has 7 rings (SSSR count). The summed E-state index contributed by atoms with van der Waals surface area (Å²) >= 11 is 0. The average molecular weight is 460 g/mol. The zero-order valence-electron chi connectivity index (χ0n) is 19.2. The van der Waals surface area contributed by atoms with Crippen LogP contribution in [0.1, 0.15) is 36.1 Å².